The largest absolute Gasteiger partial charge is 0.410 e. The second-order valence-corrected chi connectivity index (χ2v) is 3.12. The van der Waals surface area contributed by atoms with E-state index in [0.29, 0.717) is 11.4 Å². The summed E-state index contributed by atoms with van der Waals surface area (Å²) in [4.78, 5) is 10.7. The summed E-state index contributed by atoms with van der Waals surface area (Å²) in [5.41, 5.74) is 11.4. The molecule has 0 aliphatic rings. The maximum absolute atomic E-state index is 10.7. The van der Waals surface area contributed by atoms with Crippen LogP contribution in [0, 0.1) is 0 Å². The van der Waals surface area contributed by atoms with Crippen LogP contribution >= 0.6 is 0 Å². The molecule has 4 heteroatoms. The van der Waals surface area contributed by atoms with Gasteiger partial charge >= 0.3 is 6.09 Å². The molecule has 0 aliphatic heterocycles. The third-order valence-corrected chi connectivity index (χ3v) is 2.13. The number of carbonyl (C=O) groups excluding carboxylic acids is 1. The Morgan fingerprint density at radius 3 is 2.47 bits per heavy atom. The molecule has 0 fully saturated rings. The quantitative estimate of drug-likeness (QED) is 0.693. The molecular formula is C11H10N2O2. The van der Waals surface area contributed by atoms with Gasteiger partial charge in [0, 0.05) is 16.5 Å². The van der Waals surface area contributed by atoms with Crippen molar-refractivity contribution in [1.29, 1.82) is 0 Å². The van der Waals surface area contributed by atoms with Crippen molar-refractivity contribution in [3.8, 4) is 5.75 Å². The molecule has 0 atom stereocenters. The third kappa shape index (κ3) is 1.69. The van der Waals surface area contributed by atoms with E-state index in [1.807, 2.05) is 12.1 Å². The smallest absolute Gasteiger partial charge is 0.409 e. The first-order chi connectivity index (χ1) is 7.18. The number of anilines is 1. The Labute approximate surface area is 86.4 Å². The zero-order chi connectivity index (χ0) is 10.8. The Balaban J connectivity index is 2.65. The fourth-order valence-corrected chi connectivity index (χ4v) is 1.50. The van der Waals surface area contributed by atoms with E-state index in [9.17, 15) is 4.79 Å². The van der Waals surface area contributed by atoms with Crippen molar-refractivity contribution in [2.75, 3.05) is 5.73 Å². The van der Waals surface area contributed by atoms with Crippen LogP contribution in [0.5, 0.6) is 5.75 Å². The summed E-state index contributed by atoms with van der Waals surface area (Å²) in [6, 6.07) is 10.7. The van der Waals surface area contributed by atoms with Crippen LogP contribution in [0.15, 0.2) is 36.4 Å². The standard InChI is InChI=1S/C11H10N2O2/c12-9-5-1-4-8-7(9)3-2-6-10(8)15-11(13)14/h1-6H,12H2,(H2,13,14). The highest BCUT2D eigenvalue weighted by Crippen LogP contribution is 2.28. The van der Waals surface area contributed by atoms with Gasteiger partial charge in [0.05, 0.1) is 0 Å². The van der Waals surface area contributed by atoms with Gasteiger partial charge in [-0.15, -0.1) is 0 Å². The highest BCUT2D eigenvalue weighted by molar-refractivity contribution is 5.97. The number of nitrogens with two attached hydrogens (primary N) is 2. The van der Waals surface area contributed by atoms with Crippen molar-refractivity contribution in [3.63, 3.8) is 0 Å². The Kier molecular flexibility index (Phi) is 2.17. The zero-order valence-corrected chi connectivity index (χ0v) is 7.94. The van der Waals surface area contributed by atoms with E-state index in [1.54, 1.807) is 24.3 Å². The number of benzene rings is 2. The van der Waals surface area contributed by atoms with Crippen LogP contribution in [0.3, 0.4) is 0 Å². The summed E-state index contributed by atoms with van der Waals surface area (Å²) in [6.45, 7) is 0. The molecule has 76 valence electrons. The lowest BCUT2D eigenvalue weighted by molar-refractivity contribution is 0.211. The van der Waals surface area contributed by atoms with E-state index in [0.717, 1.165) is 10.8 Å². The first kappa shape index (κ1) is 9.33. The number of primary amides is 1. The zero-order valence-electron chi connectivity index (χ0n) is 7.94. The van der Waals surface area contributed by atoms with E-state index in [2.05, 4.69) is 0 Å². The monoisotopic (exact) mass is 202 g/mol. The predicted molar refractivity (Wildman–Crippen MR) is 58.6 cm³/mol. The van der Waals surface area contributed by atoms with Gasteiger partial charge < -0.3 is 16.2 Å². The minimum absolute atomic E-state index is 0.423. The number of hydrogen-bond acceptors (Lipinski definition) is 3. The van der Waals surface area contributed by atoms with Gasteiger partial charge in [0.15, 0.2) is 0 Å². The second-order valence-electron chi connectivity index (χ2n) is 3.12. The highest BCUT2D eigenvalue weighted by atomic mass is 16.5. The van der Waals surface area contributed by atoms with Crippen molar-refractivity contribution in [2.45, 2.75) is 0 Å². The molecular weight excluding hydrogens is 192 g/mol. The van der Waals surface area contributed by atoms with E-state index in [-0.39, 0.29) is 0 Å². The molecule has 0 radical (unpaired) electrons. The summed E-state index contributed by atoms with van der Waals surface area (Å²) in [7, 11) is 0. The van der Waals surface area contributed by atoms with Crippen LogP contribution in [0.1, 0.15) is 0 Å². The van der Waals surface area contributed by atoms with Crippen molar-refractivity contribution < 1.29 is 9.53 Å². The number of hydrogen-bond donors (Lipinski definition) is 2. The van der Waals surface area contributed by atoms with Gasteiger partial charge in [-0.2, -0.15) is 0 Å². The average Bonchev–Trinajstić information content (AvgIpc) is 2.19. The van der Waals surface area contributed by atoms with Gasteiger partial charge in [-0.05, 0) is 12.1 Å². The van der Waals surface area contributed by atoms with E-state index < -0.39 is 6.09 Å². The van der Waals surface area contributed by atoms with Crippen LogP contribution in [-0.2, 0) is 0 Å². The van der Waals surface area contributed by atoms with Crippen LogP contribution in [0.2, 0.25) is 0 Å². The van der Waals surface area contributed by atoms with Gasteiger partial charge in [0.2, 0.25) is 0 Å². The lowest BCUT2D eigenvalue weighted by Crippen LogP contribution is -2.16. The van der Waals surface area contributed by atoms with Crippen molar-refractivity contribution in [2.24, 2.45) is 5.73 Å². The fraction of sp³-hybridized carbons (Fsp3) is 0. The predicted octanol–water partition coefficient (Wildman–Crippen LogP) is 1.88. The number of fused-ring (bicyclic) bond motifs is 1. The Bertz CT molecular complexity index is 523. The van der Waals surface area contributed by atoms with Gasteiger partial charge in [0.25, 0.3) is 0 Å². The summed E-state index contributed by atoms with van der Waals surface area (Å²) in [6.07, 6.45) is -0.829. The third-order valence-electron chi connectivity index (χ3n) is 2.13. The molecule has 0 bridgehead atoms. The molecule has 4 N–H and O–H groups in total. The summed E-state index contributed by atoms with van der Waals surface area (Å²) in [5, 5.41) is 1.62. The van der Waals surface area contributed by atoms with Crippen molar-refractivity contribution in [3.05, 3.63) is 36.4 Å². The molecule has 0 unspecified atom stereocenters. The molecule has 0 saturated heterocycles. The van der Waals surface area contributed by atoms with Crippen molar-refractivity contribution >= 4 is 22.6 Å². The first-order valence-corrected chi connectivity index (χ1v) is 4.43. The first-order valence-electron chi connectivity index (χ1n) is 4.43. The summed E-state index contributed by atoms with van der Waals surface area (Å²) < 4.78 is 4.87. The SMILES string of the molecule is NC(=O)Oc1cccc2c(N)cccc12. The van der Waals surface area contributed by atoms with Gasteiger partial charge in [-0.1, -0.05) is 24.3 Å². The van der Waals surface area contributed by atoms with Crippen LogP contribution in [-0.4, -0.2) is 6.09 Å². The number of ether oxygens (including phenoxy) is 1. The minimum Gasteiger partial charge on any atom is -0.410 e. The Morgan fingerprint density at radius 2 is 1.73 bits per heavy atom. The molecule has 0 heterocycles. The maximum atomic E-state index is 10.7. The number of carbonyl (C=O) groups is 1. The summed E-state index contributed by atoms with van der Waals surface area (Å²) >= 11 is 0. The molecule has 15 heavy (non-hydrogen) atoms. The molecule has 1 amide bonds. The highest BCUT2D eigenvalue weighted by Gasteiger charge is 2.05. The molecule has 0 spiro atoms. The molecule has 4 nitrogen and oxygen atoms in total. The molecule has 0 saturated carbocycles. The second kappa shape index (κ2) is 3.49. The molecule has 2 aromatic rings. The number of rotatable bonds is 1. The van der Waals surface area contributed by atoms with Crippen LogP contribution < -0.4 is 16.2 Å². The van der Waals surface area contributed by atoms with E-state index in [4.69, 9.17) is 16.2 Å². The minimum atomic E-state index is -0.829. The van der Waals surface area contributed by atoms with E-state index >= 15 is 0 Å². The molecule has 2 aromatic carbocycles. The molecule has 0 aromatic heterocycles. The van der Waals surface area contributed by atoms with Crippen LogP contribution in [0.4, 0.5) is 10.5 Å². The van der Waals surface area contributed by atoms with Crippen LogP contribution in [0.25, 0.3) is 10.8 Å². The summed E-state index contributed by atoms with van der Waals surface area (Å²) in [5.74, 6) is 0.423. The maximum Gasteiger partial charge on any atom is 0.409 e. The molecule has 0 aliphatic carbocycles. The Hall–Kier alpha value is -2.23. The van der Waals surface area contributed by atoms with E-state index in [1.165, 1.54) is 0 Å². The topological polar surface area (TPSA) is 78.3 Å². The normalized spacial score (nSPS) is 10.1. The number of amides is 1. The lowest BCUT2D eigenvalue weighted by Gasteiger charge is -2.06. The van der Waals surface area contributed by atoms with Gasteiger partial charge in [0.1, 0.15) is 5.75 Å². The lowest BCUT2D eigenvalue weighted by atomic mass is 10.1. The Morgan fingerprint density at radius 1 is 1.07 bits per heavy atom. The average molecular weight is 202 g/mol. The molecule has 2 rings (SSSR count). The number of nitrogen functional groups attached to an aromatic ring is 1. The van der Waals surface area contributed by atoms with Gasteiger partial charge in [-0.25, -0.2) is 4.79 Å². The van der Waals surface area contributed by atoms with Gasteiger partial charge in [-0.3, -0.25) is 0 Å². The fourth-order valence-electron chi connectivity index (χ4n) is 1.50. The van der Waals surface area contributed by atoms with Crippen molar-refractivity contribution in [1.82, 2.24) is 0 Å².